The fourth-order valence-corrected chi connectivity index (χ4v) is 2.44. The third-order valence-electron chi connectivity index (χ3n) is 3.07. The summed E-state index contributed by atoms with van der Waals surface area (Å²) in [4.78, 5) is 13.2. The lowest BCUT2D eigenvalue weighted by molar-refractivity contribution is -0.908. The fourth-order valence-electron chi connectivity index (χ4n) is 1.95. The second-order valence-electron chi connectivity index (χ2n) is 4.41. The maximum absolute atomic E-state index is 11.8. The number of halogens is 1. The summed E-state index contributed by atoms with van der Waals surface area (Å²) in [6.45, 7) is 4.57. The predicted molar refractivity (Wildman–Crippen MR) is 77.5 cm³/mol. The molecule has 0 aromatic heterocycles. The predicted octanol–water partition coefficient (Wildman–Crippen LogP) is 0.0687. The molecular formula is C13H17INO4+. The second-order valence-corrected chi connectivity index (χ2v) is 5.66. The van der Waals surface area contributed by atoms with E-state index in [1.807, 2.05) is 0 Å². The van der Waals surface area contributed by atoms with Gasteiger partial charge in [0.2, 0.25) is 0 Å². The van der Waals surface area contributed by atoms with E-state index in [1.165, 1.54) is 11.0 Å². The number of rotatable bonds is 4. The molecule has 0 aliphatic carbocycles. The van der Waals surface area contributed by atoms with Gasteiger partial charge in [-0.25, -0.2) is 4.79 Å². The van der Waals surface area contributed by atoms with Crippen LogP contribution in [0.2, 0.25) is 0 Å². The van der Waals surface area contributed by atoms with E-state index in [0.717, 1.165) is 36.4 Å². The molecule has 1 aliphatic heterocycles. The van der Waals surface area contributed by atoms with Crippen molar-refractivity contribution in [3.05, 3.63) is 27.3 Å². The molecule has 104 valence electrons. The number of aromatic hydroxyl groups is 1. The number of benzene rings is 1. The van der Waals surface area contributed by atoms with Crippen molar-refractivity contribution in [2.75, 3.05) is 39.5 Å². The summed E-state index contributed by atoms with van der Waals surface area (Å²) < 4.78 is 11.4. The maximum Gasteiger partial charge on any atom is 0.342 e. The largest absolute Gasteiger partial charge is 0.507 e. The van der Waals surface area contributed by atoms with Crippen molar-refractivity contribution in [2.24, 2.45) is 0 Å². The molecule has 1 aliphatic rings. The minimum Gasteiger partial charge on any atom is -0.507 e. The average Bonchev–Trinajstić information content (AvgIpc) is 2.42. The van der Waals surface area contributed by atoms with Crippen LogP contribution in [0.15, 0.2) is 18.2 Å². The van der Waals surface area contributed by atoms with Crippen LogP contribution in [0.1, 0.15) is 10.4 Å². The van der Waals surface area contributed by atoms with Gasteiger partial charge in [0, 0.05) is 3.57 Å². The quantitative estimate of drug-likeness (QED) is 0.575. The lowest BCUT2D eigenvalue weighted by Gasteiger charge is -2.23. The van der Waals surface area contributed by atoms with E-state index in [4.69, 9.17) is 9.47 Å². The Hall–Kier alpha value is -0.860. The Bertz CT molecular complexity index is 446. The smallest absolute Gasteiger partial charge is 0.342 e. The Balaban J connectivity index is 1.82. The van der Waals surface area contributed by atoms with Crippen molar-refractivity contribution in [3.8, 4) is 5.75 Å². The Morgan fingerprint density at radius 3 is 2.89 bits per heavy atom. The lowest BCUT2D eigenvalue weighted by atomic mass is 10.2. The molecule has 0 amide bonds. The number of carbonyl (C=O) groups is 1. The van der Waals surface area contributed by atoms with E-state index >= 15 is 0 Å². The fraction of sp³-hybridized carbons (Fsp3) is 0.462. The molecule has 5 nitrogen and oxygen atoms in total. The van der Waals surface area contributed by atoms with Gasteiger partial charge < -0.3 is 19.5 Å². The number of esters is 1. The van der Waals surface area contributed by atoms with Crippen molar-refractivity contribution in [1.29, 1.82) is 0 Å². The molecule has 6 heteroatoms. The van der Waals surface area contributed by atoms with Gasteiger partial charge in [-0.05, 0) is 40.8 Å². The third-order valence-corrected chi connectivity index (χ3v) is 3.74. The minimum absolute atomic E-state index is 0.0378. The number of morpholine rings is 1. The molecule has 0 spiro atoms. The zero-order valence-electron chi connectivity index (χ0n) is 10.5. The lowest BCUT2D eigenvalue weighted by Crippen LogP contribution is -3.14. The van der Waals surface area contributed by atoms with Crippen LogP contribution < -0.4 is 4.90 Å². The molecule has 0 atom stereocenters. The van der Waals surface area contributed by atoms with Gasteiger partial charge in [-0.1, -0.05) is 0 Å². The molecule has 1 aromatic rings. The maximum atomic E-state index is 11.8. The van der Waals surface area contributed by atoms with Crippen molar-refractivity contribution < 1.29 is 24.3 Å². The minimum atomic E-state index is -0.469. The van der Waals surface area contributed by atoms with Crippen molar-refractivity contribution in [3.63, 3.8) is 0 Å². The van der Waals surface area contributed by atoms with Crippen LogP contribution in [-0.2, 0) is 9.47 Å². The first-order chi connectivity index (χ1) is 9.16. The Morgan fingerprint density at radius 2 is 2.16 bits per heavy atom. The number of hydrogen-bond acceptors (Lipinski definition) is 4. The van der Waals surface area contributed by atoms with E-state index in [-0.39, 0.29) is 11.3 Å². The summed E-state index contributed by atoms with van der Waals surface area (Å²) in [5.74, 6) is -0.507. The molecule has 0 radical (unpaired) electrons. The van der Waals surface area contributed by atoms with Gasteiger partial charge >= 0.3 is 5.97 Å². The summed E-state index contributed by atoms with van der Waals surface area (Å²) in [6.07, 6.45) is 0. The first-order valence-electron chi connectivity index (χ1n) is 6.24. The zero-order chi connectivity index (χ0) is 13.7. The van der Waals surface area contributed by atoms with Crippen LogP contribution >= 0.6 is 22.6 Å². The molecule has 19 heavy (non-hydrogen) atoms. The molecular weight excluding hydrogens is 361 g/mol. The first kappa shape index (κ1) is 14.5. The molecule has 0 bridgehead atoms. The Labute approximate surface area is 125 Å². The highest BCUT2D eigenvalue weighted by molar-refractivity contribution is 14.1. The molecule has 1 saturated heterocycles. The van der Waals surface area contributed by atoms with E-state index in [2.05, 4.69) is 22.6 Å². The topological polar surface area (TPSA) is 60.2 Å². The third kappa shape index (κ3) is 4.32. The van der Waals surface area contributed by atoms with E-state index in [1.54, 1.807) is 12.1 Å². The molecule has 1 aromatic carbocycles. The highest BCUT2D eigenvalue weighted by Crippen LogP contribution is 2.20. The number of ether oxygens (including phenoxy) is 2. The van der Waals surface area contributed by atoms with Crippen molar-refractivity contribution >= 4 is 28.6 Å². The van der Waals surface area contributed by atoms with Crippen LogP contribution in [0, 0.1) is 3.57 Å². The highest BCUT2D eigenvalue weighted by atomic mass is 127. The van der Waals surface area contributed by atoms with Gasteiger partial charge in [-0.2, -0.15) is 0 Å². The van der Waals surface area contributed by atoms with E-state index in [0.29, 0.717) is 6.61 Å². The van der Waals surface area contributed by atoms with Crippen LogP contribution in [0.4, 0.5) is 0 Å². The average molecular weight is 378 g/mol. The van der Waals surface area contributed by atoms with Crippen LogP contribution in [0.3, 0.4) is 0 Å². The number of phenols is 1. The van der Waals surface area contributed by atoms with Crippen molar-refractivity contribution in [1.82, 2.24) is 0 Å². The molecule has 0 saturated carbocycles. The monoisotopic (exact) mass is 378 g/mol. The summed E-state index contributed by atoms with van der Waals surface area (Å²) in [6, 6.07) is 4.87. The Kier molecular flexibility index (Phi) is 5.41. The van der Waals surface area contributed by atoms with Gasteiger partial charge in [0.05, 0.1) is 13.2 Å². The number of hydrogen-bond donors (Lipinski definition) is 2. The summed E-state index contributed by atoms with van der Waals surface area (Å²) >= 11 is 2.09. The number of nitrogens with one attached hydrogen (secondary N) is 1. The van der Waals surface area contributed by atoms with Gasteiger partial charge in [0.15, 0.2) is 0 Å². The first-order valence-corrected chi connectivity index (χ1v) is 7.31. The molecule has 0 unspecified atom stereocenters. The summed E-state index contributed by atoms with van der Waals surface area (Å²) in [5, 5.41) is 9.63. The Morgan fingerprint density at radius 1 is 1.42 bits per heavy atom. The SMILES string of the molecule is O=C(OCC[NH+]1CCOCC1)c1cc(I)ccc1O. The standard InChI is InChI=1S/C13H16INO4/c14-10-1-2-12(16)11(9-10)13(17)19-8-5-15-3-6-18-7-4-15/h1-2,9,16H,3-8H2/p+1. The van der Waals surface area contributed by atoms with Gasteiger partial charge in [0.1, 0.15) is 37.6 Å². The van der Waals surface area contributed by atoms with Crippen LogP contribution in [-0.4, -0.2) is 50.5 Å². The van der Waals surface area contributed by atoms with E-state index < -0.39 is 5.97 Å². The molecule has 1 fully saturated rings. The van der Waals surface area contributed by atoms with Crippen LogP contribution in [0.5, 0.6) is 5.75 Å². The van der Waals surface area contributed by atoms with Gasteiger partial charge in [-0.3, -0.25) is 0 Å². The van der Waals surface area contributed by atoms with Gasteiger partial charge in [-0.15, -0.1) is 0 Å². The van der Waals surface area contributed by atoms with E-state index in [9.17, 15) is 9.90 Å². The second kappa shape index (κ2) is 7.06. The molecule has 2 rings (SSSR count). The van der Waals surface area contributed by atoms with Crippen LogP contribution in [0.25, 0.3) is 0 Å². The summed E-state index contributed by atoms with van der Waals surface area (Å²) in [5.41, 5.74) is 0.226. The summed E-state index contributed by atoms with van der Waals surface area (Å²) in [7, 11) is 0. The molecule has 2 N–H and O–H groups in total. The molecule has 1 heterocycles. The van der Waals surface area contributed by atoms with Crippen molar-refractivity contribution in [2.45, 2.75) is 0 Å². The number of phenolic OH excluding ortho intramolecular Hbond substituents is 1. The highest BCUT2D eigenvalue weighted by Gasteiger charge is 2.16. The van der Waals surface area contributed by atoms with Gasteiger partial charge in [0.25, 0.3) is 0 Å². The zero-order valence-corrected chi connectivity index (χ0v) is 12.7. The normalized spacial score (nSPS) is 16.3. The number of quaternary nitrogens is 1. The number of carbonyl (C=O) groups excluding carboxylic acids is 1.